The van der Waals surface area contributed by atoms with Gasteiger partial charge in [0.25, 0.3) is 0 Å². The fourth-order valence-corrected chi connectivity index (χ4v) is 1.76. The molecule has 1 aliphatic carbocycles. The van der Waals surface area contributed by atoms with Crippen LogP contribution >= 0.6 is 0 Å². The summed E-state index contributed by atoms with van der Waals surface area (Å²) in [6.45, 7) is 4.22. The lowest BCUT2D eigenvalue weighted by molar-refractivity contribution is 0.430. The lowest BCUT2D eigenvalue weighted by atomic mass is 9.87. The van der Waals surface area contributed by atoms with Crippen molar-refractivity contribution in [3.8, 4) is 0 Å². The molecule has 0 aromatic rings. The zero-order valence-corrected chi connectivity index (χ0v) is 8.19. The van der Waals surface area contributed by atoms with Gasteiger partial charge in [-0.2, -0.15) is 0 Å². The smallest absolute Gasteiger partial charge is 0.0858 e. The molecule has 70 valence electrons. The minimum atomic E-state index is -0.537. The summed E-state index contributed by atoms with van der Waals surface area (Å²) in [4.78, 5) is 0. The average molecular weight is 168 g/mol. The first-order valence-electron chi connectivity index (χ1n) is 4.78. The fraction of sp³-hybridized carbons (Fsp3) is 0.800. The summed E-state index contributed by atoms with van der Waals surface area (Å²) in [5.74, 6) is 0. The van der Waals surface area contributed by atoms with Gasteiger partial charge in [-0.3, -0.25) is 0 Å². The van der Waals surface area contributed by atoms with Crippen LogP contribution in [-0.2, 0) is 0 Å². The van der Waals surface area contributed by atoms with Gasteiger partial charge in [-0.1, -0.05) is 12.0 Å². The maximum atomic E-state index is 6.00. The third kappa shape index (κ3) is 2.08. The first-order valence-corrected chi connectivity index (χ1v) is 4.78. The largest absolute Gasteiger partial charge is 0.310 e. The van der Waals surface area contributed by atoms with E-state index in [1.165, 1.54) is 30.4 Å². The van der Waals surface area contributed by atoms with Crippen molar-refractivity contribution in [2.45, 2.75) is 51.6 Å². The zero-order chi connectivity index (χ0) is 9.19. The summed E-state index contributed by atoms with van der Waals surface area (Å²) in [7, 11) is 0. The molecular weight excluding hydrogens is 148 g/mol. The third-order valence-corrected chi connectivity index (χ3v) is 2.98. The highest BCUT2D eigenvalue weighted by Gasteiger charge is 2.23. The first-order chi connectivity index (χ1) is 5.54. The predicted octanol–water partition coefficient (Wildman–Crippen LogP) is 1.90. The van der Waals surface area contributed by atoms with Crippen LogP contribution in [0.5, 0.6) is 0 Å². The summed E-state index contributed by atoms with van der Waals surface area (Å²) in [6.07, 6.45) is 5.82. The molecule has 0 heterocycles. The highest BCUT2D eigenvalue weighted by molar-refractivity contribution is 5.21. The van der Waals surface area contributed by atoms with Crippen molar-refractivity contribution < 1.29 is 0 Å². The Morgan fingerprint density at radius 3 is 2.42 bits per heavy atom. The maximum absolute atomic E-state index is 6.00. The van der Waals surface area contributed by atoms with E-state index in [9.17, 15) is 0 Å². The SMILES string of the molecule is CC1=C(C)C(N)(N)CCCCC1. The van der Waals surface area contributed by atoms with E-state index >= 15 is 0 Å². The third-order valence-electron chi connectivity index (χ3n) is 2.98. The highest BCUT2D eigenvalue weighted by Crippen LogP contribution is 2.25. The molecule has 4 N–H and O–H groups in total. The number of allylic oxidation sites excluding steroid dienone is 1. The Hall–Kier alpha value is -0.340. The van der Waals surface area contributed by atoms with Crippen LogP contribution in [0.25, 0.3) is 0 Å². The van der Waals surface area contributed by atoms with Crippen LogP contribution in [0.2, 0.25) is 0 Å². The van der Waals surface area contributed by atoms with E-state index in [1.807, 2.05) is 0 Å². The number of nitrogens with two attached hydrogens (primary N) is 2. The van der Waals surface area contributed by atoms with Crippen LogP contribution in [0.4, 0.5) is 0 Å². The lowest BCUT2D eigenvalue weighted by Gasteiger charge is -2.29. The van der Waals surface area contributed by atoms with E-state index < -0.39 is 5.66 Å². The van der Waals surface area contributed by atoms with Crippen molar-refractivity contribution in [1.29, 1.82) is 0 Å². The molecule has 0 unspecified atom stereocenters. The molecule has 2 nitrogen and oxygen atoms in total. The minimum Gasteiger partial charge on any atom is -0.310 e. The number of rotatable bonds is 0. The Morgan fingerprint density at radius 1 is 1.08 bits per heavy atom. The van der Waals surface area contributed by atoms with Crippen molar-refractivity contribution in [3.63, 3.8) is 0 Å². The minimum absolute atomic E-state index is 0.537. The summed E-state index contributed by atoms with van der Waals surface area (Å²) in [5.41, 5.74) is 14.1. The van der Waals surface area contributed by atoms with Crippen LogP contribution in [0.3, 0.4) is 0 Å². The standard InChI is InChI=1S/C10H20N2/c1-8-6-4-3-5-7-10(11,12)9(8)2/h3-7,11-12H2,1-2H3. The lowest BCUT2D eigenvalue weighted by Crippen LogP contribution is -2.51. The van der Waals surface area contributed by atoms with E-state index in [-0.39, 0.29) is 0 Å². The van der Waals surface area contributed by atoms with Crippen molar-refractivity contribution in [1.82, 2.24) is 0 Å². The molecule has 0 spiro atoms. The van der Waals surface area contributed by atoms with Crippen molar-refractivity contribution in [2.75, 3.05) is 0 Å². The highest BCUT2D eigenvalue weighted by atomic mass is 15.0. The molecule has 0 aromatic heterocycles. The van der Waals surface area contributed by atoms with Gasteiger partial charge in [0.1, 0.15) is 0 Å². The van der Waals surface area contributed by atoms with Crippen LogP contribution < -0.4 is 11.5 Å². The molecule has 1 rings (SSSR count). The number of hydrogen-bond acceptors (Lipinski definition) is 2. The first kappa shape index (κ1) is 9.75. The fourth-order valence-electron chi connectivity index (χ4n) is 1.76. The number of hydrogen-bond donors (Lipinski definition) is 2. The molecule has 0 saturated carbocycles. The van der Waals surface area contributed by atoms with Crippen LogP contribution in [0.1, 0.15) is 46.0 Å². The molecule has 0 fully saturated rings. The second-order valence-electron chi connectivity index (χ2n) is 4.01. The topological polar surface area (TPSA) is 52.0 Å². The monoisotopic (exact) mass is 168 g/mol. The Labute approximate surface area is 75.0 Å². The van der Waals surface area contributed by atoms with Gasteiger partial charge < -0.3 is 11.5 Å². The Bertz CT molecular complexity index is 192. The van der Waals surface area contributed by atoms with Crippen molar-refractivity contribution >= 4 is 0 Å². The average Bonchev–Trinajstić information content (AvgIpc) is 2.00. The summed E-state index contributed by atoms with van der Waals surface area (Å²) in [6, 6.07) is 0. The normalized spacial score (nSPS) is 25.0. The molecule has 0 saturated heterocycles. The molecule has 0 aromatic carbocycles. The summed E-state index contributed by atoms with van der Waals surface area (Å²) in [5, 5.41) is 0. The second kappa shape index (κ2) is 3.58. The molecule has 2 heteroatoms. The molecule has 0 amide bonds. The van der Waals surface area contributed by atoms with E-state index in [1.54, 1.807) is 0 Å². The molecule has 0 radical (unpaired) electrons. The summed E-state index contributed by atoms with van der Waals surface area (Å²) >= 11 is 0. The van der Waals surface area contributed by atoms with Crippen LogP contribution in [0, 0.1) is 0 Å². The molecule has 0 aliphatic heterocycles. The van der Waals surface area contributed by atoms with E-state index in [0.29, 0.717) is 0 Å². The quantitative estimate of drug-likeness (QED) is 0.429. The molecular formula is C10H20N2. The van der Waals surface area contributed by atoms with Gasteiger partial charge in [0.05, 0.1) is 5.66 Å². The van der Waals surface area contributed by atoms with Crippen LogP contribution in [-0.4, -0.2) is 5.66 Å². The second-order valence-corrected chi connectivity index (χ2v) is 4.01. The van der Waals surface area contributed by atoms with Crippen molar-refractivity contribution in [3.05, 3.63) is 11.1 Å². The molecule has 0 bridgehead atoms. The predicted molar refractivity (Wildman–Crippen MR) is 52.6 cm³/mol. The Kier molecular flexibility index (Phi) is 2.91. The van der Waals surface area contributed by atoms with Gasteiger partial charge in [0.15, 0.2) is 0 Å². The molecule has 1 aliphatic rings. The van der Waals surface area contributed by atoms with Crippen molar-refractivity contribution in [2.24, 2.45) is 11.5 Å². The van der Waals surface area contributed by atoms with Crippen LogP contribution in [0.15, 0.2) is 11.1 Å². The van der Waals surface area contributed by atoms with E-state index in [0.717, 1.165) is 12.8 Å². The Balaban J connectivity index is 2.84. The van der Waals surface area contributed by atoms with E-state index in [2.05, 4.69) is 13.8 Å². The van der Waals surface area contributed by atoms with Gasteiger partial charge in [0.2, 0.25) is 0 Å². The van der Waals surface area contributed by atoms with Gasteiger partial charge >= 0.3 is 0 Å². The summed E-state index contributed by atoms with van der Waals surface area (Å²) < 4.78 is 0. The zero-order valence-electron chi connectivity index (χ0n) is 8.19. The molecule has 12 heavy (non-hydrogen) atoms. The van der Waals surface area contributed by atoms with Gasteiger partial charge in [-0.25, -0.2) is 0 Å². The van der Waals surface area contributed by atoms with Gasteiger partial charge in [-0.05, 0) is 45.1 Å². The van der Waals surface area contributed by atoms with Gasteiger partial charge in [0, 0.05) is 0 Å². The Morgan fingerprint density at radius 2 is 1.75 bits per heavy atom. The molecule has 0 atom stereocenters. The van der Waals surface area contributed by atoms with E-state index in [4.69, 9.17) is 11.5 Å². The maximum Gasteiger partial charge on any atom is 0.0858 e. The van der Waals surface area contributed by atoms with Gasteiger partial charge in [-0.15, -0.1) is 0 Å².